The van der Waals surface area contributed by atoms with Gasteiger partial charge >= 0.3 is 0 Å². The Morgan fingerprint density at radius 3 is 1.34 bits per heavy atom. The molecule has 0 radical (unpaired) electrons. The molecule has 1 atom stereocenters. The van der Waals surface area contributed by atoms with Gasteiger partial charge in [-0.3, -0.25) is 0 Å². The molecule has 1 aliphatic carbocycles. The maximum Gasteiger partial charge on any atom is 0.171 e. The van der Waals surface area contributed by atoms with Crippen LogP contribution in [0.2, 0.25) is 0 Å². The van der Waals surface area contributed by atoms with Gasteiger partial charge in [0.2, 0.25) is 0 Å². The van der Waals surface area contributed by atoms with Crippen molar-refractivity contribution < 1.29 is 4.57 Å². The third kappa shape index (κ3) is 5.58. The Hall–Kier alpha value is -7.71. The van der Waals surface area contributed by atoms with E-state index < -0.39 is 7.14 Å². The predicted octanol–water partition coefficient (Wildman–Crippen LogP) is 14.1. The highest BCUT2D eigenvalue weighted by Crippen LogP contribution is 2.47. The molecule has 3 nitrogen and oxygen atoms in total. The van der Waals surface area contributed by atoms with Gasteiger partial charge in [0.1, 0.15) is 0 Å². The van der Waals surface area contributed by atoms with E-state index in [-0.39, 0.29) is 0 Å². The summed E-state index contributed by atoms with van der Waals surface area (Å²) in [5.41, 5.74) is 12.4. The predicted molar refractivity (Wildman–Crippen MR) is 270 cm³/mol. The van der Waals surface area contributed by atoms with Crippen LogP contribution in [0.1, 0.15) is 11.1 Å². The summed E-state index contributed by atoms with van der Waals surface area (Å²) in [6.45, 7) is 0. The van der Waals surface area contributed by atoms with Gasteiger partial charge in [-0.15, -0.1) is 0 Å². The van der Waals surface area contributed by atoms with Crippen molar-refractivity contribution in [3.63, 3.8) is 0 Å². The number of benzene rings is 10. The van der Waals surface area contributed by atoms with E-state index >= 15 is 4.57 Å². The van der Waals surface area contributed by atoms with Crippen LogP contribution >= 0.6 is 7.14 Å². The number of nitrogens with zero attached hydrogens (tertiary/aromatic N) is 2. The highest BCUT2D eigenvalue weighted by molar-refractivity contribution is 7.85. The summed E-state index contributed by atoms with van der Waals surface area (Å²) >= 11 is 0. The van der Waals surface area contributed by atoms with Gasteiger partial charge in [0.05, 0.1) is 22.2 Å². The van der Waals surface area contributed by atoms with Crippen LogP contribution < -0.4 is 15.9 Å². The molecule has 2 heterocycles. The van der Waals surface area contributed by atoms with Crippen LogP contribution in [0.5, 0.6) is 0 Å². The van der Waals surface area contributed by atoms with Crippen molar-refractivity contribution in [3.8, 4) is 33.5 Å². The van der Waals surface area contributed by atoms with Crippen LogP contribution in [0, 0.1) is 0 Å². The summed E-state index contributed by atoms with van der Waals surface area (Å²) in [7, 11) is -3.33. The van der Waals surface area contributed by atoms with Crippen LogP contribution in [0.25, 0.3) is 98.5 Å². The largest absolute Gasteiger partial charge is 0.309 e. The number of aromatic nitrogens is 2. The fraction of sp³-hybridized carbons (Fsp3) is 0.0333. The summed E-state index contributed by atoms with van der Waals surface area (Å²) < 4.78 is 16.1. The van der Waals surface area contributed by atoms with Crippen LogP contribution in [0.3, 0.4) is 0 Å². The van der Waals surface area contributed by atoms with Crippen molar-refractivity contribution in [1.29, 1.82) is 0 Å². The first-order valence-corrected chi connectivity index (χ1v) is 23.8. The van der Waals surface area contributed by atoms with E-state index in [9.17, 15) is 0 Å². The van der Waals surface area contributed by atoms with Gasteiger partial charge in [-0.2, -0.15) is 0 Å². The molecule has 300 valence electrons. The third-order valence-corrected chi connectivity index (χ3v) is 16.7. The Morgan fingerprint density at radius 2 is 0.781 bits per heavy atom. The van der Waals surface area contributed by atoms with Gasteiger partial charge in [-0.1, -0.05) is 212 Å². The molecule has 0 saturated heterocycles. The number of rotatable bonds is 5. The fourth-order valence-corrected chi connectivity index (χ4v) is 13.2. The zero-order valence-electron chi connectivity index (χ0n) is 34.9. The maximum absolute atomic E-state index is 16.1. The molecule has 2 aromatic heterocycles. The summed E-state index contributed by atoms with van der Waals surface area (Å²) in [4.78, 5) is 10.8. The van der Waals surface area contributed by atoms with Gasteiger partial charge in [0.15, 0.2) is 7.14 Å². The van der Waals surface area contributed by atoms with E-state index in [4.69, 9.17) is 9.97 Å². The molecule has 1 aliphatic rings. The Balaban J connectivity index is 0.978. The molecule has 0 bridgehead atoms. The lowest BCUT2D eigenvalue weighted by Crippen LogP contribution is -2.25. The second-order valence-electron chi connectivity index (χ2n) is 17.0. The molecule has 12 aromatic rings. The van der Waals surface area contributed by atoms with Crippen LogP contribution in [0.15, 0.2) is 212 Å². The molecule has 4 heteroatoms. The summed E-state index contributed by atoms with van der Waals surface area (Å²) in [6.07, 6.45) is 1.87. The fourth-order valence-electron chi connectivity index (χ4n) is 10.5. The molecule has 0 fully saturated rings. The van der Waals surface area contributed by atoms with E-state index in [1.807, 2.05) is 30.3 Å². The van der Waals surface area contributed by atoms with Crippen molar-refractivity contribution >= 4 is 88.1 Å². The normalized spacial score (nSPS) is 13.4. The van der Waals surface area contributed by atoms with Gasteiger partial charge in [0, 0.05) is 59.4 Å². The molecule has 0 spiro atoms. The van der Waals surface area contributed by atoms with E-state index in [0.29, 0.717) is 0 Å². The first kappa shape index (κ1) is 36.9. The number of hydrogen-bond donors (Lipinski definition) is 0. The monoisotopic (exact) mass is 834 g/mol. The van der Waals surface area contributed by atoms with Crippen LogP contribution in [-0.4, -0.2) is 9.97 Å². The Labute approximate surface area is 370 Å². The lowest BCUT2D eigenvalue weighted by Gasteiger charge is -2.25. The highest BCUT2D eigenvalue weighted by Gasteiger charge is 2.31. The molecule has 64 heavy (non-hydrogen) atoms. The average molecular weight is 835 g/mol. The summed E-state index contributed by atoms with van der Waals surface area (Å²) in [5.74, 6) is 0. The van der Waals surface area contributed by atoms with E-state index in [0.717, 1.165) is 111 Å². The second-order valence-corrected chi connectivity index (χ2v) is 19.8. The van der Waals surface area contributed by atoms with E-state index in [1.165, 1.54) is 27.6 Å². The standard InChI is InChI=1S/C60H39N2OP/c63-64(44-16-2-1-3-17-44,45-30-22-42(23-31-45)55-51-34-26-38-12-4-8-18-47(38)57(51)61-58-48-19-9-5-13-39(48)27-35-52(55)58)46-32-24-43(25-33-46)56-53-36-28-40-14-6-10-20-49(40)59(53)62-60-50-21-11-7-15-41(50)29-37-54(56)60/h1-28,30-36H,29,37H2. The topological polar surface area (TPSA) is 42.9 Å². The smallest absolute Gasteiger partial charge is 0.171 e. The zero-order chi connectivity index (χ0) is 42.4. The molecule has 0 amide bonds. The molecular formula is C60H39N2OP. The van der Waals surface area contributed by atoms with Crippen molar-refractivity contribution in [2.45, 2.75) is 12.8 Å². The average Bonchev–Trinajstić information content (AvgIpc) is 3.37. The van der Waals surface area contributed by atoms with Crippen LogP contribution in [0.4, 0.5) is 0 Å². The first-order chi connectivity index (χ1) is 31.6. The third-order valence-electron chi connectivity index (χ3n) is 13.6. The Bertz CT molecular complexity index is 3820. The minimum atomic E-state index is -3.33. The van der Waals surface area contributed by atoms with Crippen molar-refractivity contribution in [3.05, 3.63) is 223 Å². The molecule has 1 unspecified atom stereocenters. The van der Waals surface area contributed by atoms with Crippen molar-refractivity contribution in [2.24, 2.45) is 0 Å². The van der Waals surface area contributed by atoms with Crippen molar-refractivity contribution in [2.75, 3.05) is 0 Å². The molecule has 0 aliphatic heterocycles. The Morgan fingerprint density at radius 1 is 0.344 bits per heavy atom. The van der Waals surface area contributed by atoms with E-state index in [2.05, 4.69) is 182 Å². The Kier molecular flexibility index (Phi) is 8.32. The van der Waals surface area contributed by atoms with Gasteiger partial charge in [-0.05, 0) is 56.8 Å². The number of hydrogen-bond acceptors (Lipinski definition) is 3. The first-order valence-electron chi connectivity index (χ1n) is 22.0. The quantitative estimate of drug-likeness (QED) is 0.0985. The van der Waals surface area contributed by atoms with Crippen LogP contribution in [-0.2, 0) is 17.4 Å². The maximum atomic E-state index is 16.1. The lowest BCUT2D eigenvalue weighted by atomic mass is 9.83. The van der Waals surface area contributed by atoms with Gasteiger partial charge in [-0.25, -0.2) is 9.97 Å². The van der Waals surface area contributed by atoms with Gasteiger partial charge < -0.3 is 4.57 Å². The van der Waals surface area contributed by atoms with Gasteiger partial charge in [0.25, 0.3) is 0 Å². The molecule has 13 rings (SSSR count). The second kappa shape index (κ2) is 14.4. The number of fused-ring (bicyclic) bond motifs is 12. The summed E-state index contributed by atoms with van der Waals surface area (Å²) in [6, 6.07) is 74.6. The molecule has 0 N–H and O–H groups in total. The van der Waals surface area contributed by atoms with E-state index in [1.54, 1.807) is 0 Å². The molecule has 10 aromatic carbocycles. The lowest BCUT2D eigenvalue weighted by molar-refractivity contribution is 0.592. The summed E-state index contributed by atoms with van der Waals surface area (Å²) in [5, 5.41) is 12.6. The SMILES string of the molecule is O=P(c1ccccc1)(c1ccc(-c2c3c(nc4c2ccc2ccccc24)-c2ccccc2CC3)cc1)c1ccc(-c2c3ccc4ccccc4c3nc3c2ccc2ccccc23)cc1. The highest BCUT2D eigenvalue weighted by atomic mass is 31.2. The number of aryl methyl sites for hydroxylation is 1. The minimum absolute atomic E-state index is 0.795. The molecule has 0 saturated carbocycles. The van der Waals surface area contributed by atoms with Crippen molar-refractivity contribution in [1.82, 2.24) is 9.97 Å². The molecular weight excluding hydrogens is 796 g/mol. The minimum Gasteiger partial charge on any atom is -0.309 e. The zero-order valence-corrected chi connectivity index (χ0v) is 35.8. The number of pyridine rings is 2.